The second kappa shape index (κ2) is 7.73. The minimum Gasteiger partial charge on any atom is -0.495 e. The minimum absolute atomic E-state index is 0.141. The molecule has 0 aliphatic rings. The molecule has 4 nitrogen and oxygen atoms in total. The number of ether oxygens (including phenoxy) is 1. The Balaban J connectivity index is 1.70. The molecule has 0 spiro atoms. The normalized spacial score (nSPS) is 10.2. The summed E-state index contributed by atoms with van der Waals surface area (Å²) in [4.78, 5) is 12.2. The van der Waals surface area contributed by atoms with Gasteiger partial charge in [-0.05, 0) is 54.6 Å². The van der Waals surface area contributed by atoms with Crippen LogP contribution in [0.1, 0.15) is 10.4 Å². The number of anilines is 3. The molecule has 0 unspecified atom stereocenters. The molecule has 0 bridgehead atoms. The lowest BCUT2D eigenvalue weighted by atomic mass is 10.2. The van der Waals surface area contributed by atoms with E-state index in [4.69, 9.17) is 16.3 Å². The monoisotopic (exact) mass is 352 g/mol. The molecule has 0 saturated carbocycles. The van der Waals surface area contributed by atoms with Gasteiger partial charge in [0.05, 0.1) is 12.8 Å². The molecule has 126 valence electrons. The molecule has 3 aromatic carbocycles. The van der Waals surface area contributed by atoms with Crippen molar-refractivity contribution in [3.05, 3.63) is 83.4 Å². The van der Waals surface area contributed by atoms with E-state index in [1.165, 1.54) is 0 Å². The molecule has 0 atom stereocenters. The van der Waals surface area contributed by atoms with Crippen molar-refractivity contribution in [2.24, 2.45) is 0 Å². The van der Waals surface area contributed by atoms with Crippen LogP contribution in [0.25, 0.3) is 0 Å². The van der Waals surface area contributed by atoms with Crippen molar-refractivity contribution in [3.8, 4) is 5.75 Å². The van der Waals surface area contributed by atoms with Gasteiger partial charge in [-0.3, -0.25) is 4.79 Å². The maximum Gasteiger partial charge on any atom is 0.255 e. The number of rotatable bonds is 5. The highest BCUT2D eigenvalue weighted by Gasteiger charge is 2.06. The molecule has 3 aromatic rings. The van der Waals surface area contributed by atoms with Gasteiger partial charge in [0.15, 0.2) is 0 Å². The van der Waals surface area contributed by atoms with Crippen molar-refractivity contribution in [2.45, 2.75) is 0 Å². The summed E-state index contributed by atoms with van der Waals surface area (Å²) < 4.78 is 5.32. The van der Waals surface area contributed by atoms with Crippen LogP contribution in [0.15, 0.2) is 72.8 Å². The summed E-state index contributed by atoms with van der Waals surface area (Å²) in [5.74, 6) is 0.559. The molecule has 1 amide bonds. The predicted octanol–water partition coefficient (Wildman–Crippen LogP) is 5.34. The first-order chi connectivity index (χ1) is 12.2. The first-order valence-corrected chi connectivity index (χ1v) is 8.10. The van der Waals surface area contributed by atoms with Crippen LogP contribution in [-0.2, 0) is 0 Å². The van der Waals surface area contributed by atoms with E-state index in [-0.39, 0.29) is 5.91 Å². The van der Waals surface area contributed by atoms with Crippen molar-refractivity contribution < 1.29 is 9.53 Å². The summed E-state index contributed by atoms with van der Waals surface area (Å²) in [7, 11) is 1.61. The molecule has 2 N–H and O–H groups in total. The molecule has 0 aromatic heterocycles. The Morgan fingerprint density at radius 3 is 2.28 bits per heavy atom. The van der Waals surface area contributed by atoms with Gasteiger partial charge in [-0.25, -0.2) is 0 Å². The highest BCUT2D eigenvalue weighted by molar-refractivity contribution is 6.31. The highest BCUT2D eigenvalue weighted by atomic mass is 35.5. The van der Waals surface area contributed by atoms with Crippen LogP contribution in [-0.4, -0.2) is 13.0 Å². The van der Waals surface area contributed by atoms with Crippen molar-refractivity contribution in [2.75, 3.05) is 17.7 Å². The smallest absolute Gasteiger partial charge is 0.255 e. The standard InChI is InChI=1S/C20H17ClN2O2/c1-25-19-12-7-15(21)13-18(19)22-16-8-10-17(11-9-16)23-20(24)14-5-3-2-4-6-14/h2-13,22H,1H3,(H,23,24). The maximum atomic E-state index is 12.2. The average Bonchev–Trinajstić information content (AvgIpc) is 2.64. The number of carbonyl (C=O) groups is 1. The van der Waals surface area contributed by atoms with Crippen molar-refractivity contribution >= 4 is 34.6 Å². The van der Waals surface area contributed by atoms with E-state index >= 15 is 0 Å². The lowest BCUT2D eigenvalue weighted by Crippen LogP contribution is -2.11. The van der Waals surface area contributed by atoms with Crippen LogP contribution in [0.5, 0.6) is 5.75 Å². The second-order valence-corrected chi connectivity index (χ2v) is 5.80. The molecule has 0 fully saturated rings. The van der Waals surface area contributed by atoms with Gasteiger partial charge in [0, 0.05) is 22.0 Å². The largest absolute Gasteiger partial charge is 0.495 e. The van der Waals surface area contributed by atoms with Crippen LogP contribution in [0.4, 0.5) is 17.1 Å². The Morgan fingerprint density at radius 2 is 1.60 bits per heavy atom. The zero-order valence-corrected chi connectivity index (χ0v) is 14.4. The number of carbonyl (C=O) groups excluding carboxylic acids is 1. The first kappa shape index (κ1) is 16.9. The molecule has 0 heterocycles. The molecule has 5 heteroatoms. The van der Waals surface area contributed by atoms with E-state index in [2.05, 4.69) is 10.6 Å². The SMILES string of the molecule is COc1ccc(Cl)cc1Nc1ccc(NC(=O)c2ccccc2)cc1. The molecule has 25 heavy (non-hydrogen) atoms. The third kappa shape index (κ3) is 4.31. The van der Waals surface area contributed by atoms with E-state index in [0.717, 1.165) is 17.1 Å². The third-order valence-corrected chi connectivity index (χ3v) is 3.85. The van der Waals surface area contributed by atoms with Gasteiger partial charge in [-0.15, -0.1) is 0 Å². The van der Waals surface area contributed by atoms with Gasteiger partial charge < -0.3 is 15.4 Å². The third-order valence-electron chi connectivity index (χ3n) is 3.62. The molecule has 0 saturated heterocycles. The maximum absolute atomic E-state index is 12.2. The number of benzene rings is 3. The van der Waals surface area contributed by atoms with Crippen molar-refractivity contribution in [1.29, 1.82) is 0 Å². The summed E-state index contributed by atoms with van der Waals surface area (Å²) in [5, 5.41) is 6.74. The van der Waals surface area contributed by atoms with E-state index in [9.17, 15) is 4.79 Å². The lowest BCUT2D eigenvalue weighted by Gasteiger charge is -2.12. The fraction of sp³-hybridized carbons (Fsp3) is 0.0500. The van der Waals surface area contributed by atoms with Crippen LogP contribution >= 0.6 is 11.6 Å². The Labute approximate surface area is 151 Å². The second-order valence-electron chi connectivity index (χ2n) is 5.37. The molecular formula is C20H17ClN2O2. The van der Waals surface area contributed by atoms with Gasteiger partial charge in [0.25, 0.3) is 5.91 Å². The van der Waals surface area contributed by atoms with E-state index in [1.54, 1.807) is 37.4 Å². The van der Waals surface area contributed by atoms with Gasteiger partial charge >= 0.3 is 0 Å². The van der Waals surface area contributed by atoms with Gasteiger partial charge in [0.1, 0.15) is 5.75 Å². The minimum atomic E-state index is -0.141. The Kier molecular flexibility index (Phi) is 5.21. The van der Waals surface area contributed by atoms with Crippen molar-refractivity contribution in [1.82, 2.24) is 0 Å². The number of amides is 1. The number of methoxy groups -OCH3 is 1. The number of halogens is 1. The lowest BCUT2D eigenvalue weighted by molar-refractivity contribution is 0.102. The molecule has 0 aliphatic carbocycles. The summed E-state index contributed by atoms with van der Waals surface area (Å²) in [6.07, 6.45) is 0. The summed E-state index contributed by atoms with van der Waals surface area (Å²) in [6.45, 7) is 0. The molecule has 0 aliphatic heterocycles. The van der Waals surface area contributed by atoms with Crippen LogP contribution < -0.4 is 15.4 Å². The summed E-state index contributed by atoms with van der Waals surface area (Å²) in [6, 6.07) is 21.9. The van der Waals surface area contributed by atoms with E-state index < -0.39 is 0 Å². The van der Waals surface area contributed by atoms with Crippen LogP contribution in [0.2, 0.25) is 5.02 Å². The van der Waals surface area contributed by atoms with Gasteiger partial charge in [0.2, 0.25) is 0 Å². The summed E-state index contributed by atoms with van der Waals surface area (Å²) in [5.41, 5.74) is 2.97. The predicted molar refractivity (Wildman–Crippen MR) is 102 cm³/mol. The zero-order chi connectivity index (χ0) is 17.6. The van der Waals surface area contributed by atoms with Gasteiger partial charge in [-0.1, -0.05) is 29.8 Å². The summed E-state index contributed by atoms with van der Waals surface area (Å²) >= 11 is 6.04. The molecule has 3 rings (SSSR count). The Hall–Kier alpha value is -2.98. The zero-order valence-electron chi connectivity index (χ0n) is 13.6. The number of hydrogen-bond donors (Lipinski definition) is 2. The Morgan fingerprint density at radius 1 is 0.920 bits per heavy atom. The van der Waals surface area contributed by atoms with Crippen LogP contribution in [0.3, 0.4) is 0 Å². The fourth-order valence-electron chi connectivity index (χ4n) is 2.36. The number of nitrogens with one attached hydrogen (secondary N) is 2. The number of hydrogen-bond acceptors (Lipinski definition) is 3. The Bertz CT molecular complexity index is 865. The fourth-order valence-corrected chi connectivity index (χ4v) is 2.54. The molecule has 0 radical (unpaired) electrons. The van der Waals surface area contributed by atoms with Crippen molar-refractivity contribution in [3.63, 3.8) is 0 Å². The van der Waals surface area contributed by atoms with E-state index in [0.29, 0.717) is 16.3 Å². The topological polar surface area (TPSA) is 50.4 Å². The van der Waals surface area contributed by atoms with Crippen LogP contribution in [0, 0.1) is 0 Å². The van der Waals surface area contributed by atoms with Gasteiger partial charge in [-0.2, -0.15) is 0 Å². The molecular weight excluding hydrogens is 336 g/mol. The van der Waals surface area contributed by atoms with E-state index in [1.807, 2.05) is 42.5 Å². The quantitative estimate of drug-likeness (QED) is 0.651. The highest BCUT2D eigenvalue weighted by Crippen LogP contribution is 2.30. The average molecular weight is 353 g/mol. The first-order valence-electron chi connectivity index (χ1n) is 7.73.